The van der Waals surface area contributed by atoms with Gasteiger partial charge in [-0.1, -0.05) is 141 Å². The van der Waals surface area contributed by atoms with Crippen molar-refractivity contribution >= 4 is 118 Å². The highest BCUT2D eigenvalue weighted by Gasteiger charge is 2.19. The van der Waals surface area contributed by atoms with Crippen LogP contribution in [0.1, 0.15) is 16.7 Å². The van der Waals surface area contributed by atoms with Gasteiger partial charge in [0.25, 0.3) is 0 Å². The molecule has 270 valence electrons. The van der Waals surface area contributed by atoms with Crippen molar-refractivity contribution in [1.29, 1.82) is 0 Å². The van der Waals surface area contributed by atoms with Gasteiger partial charge in [0.2, 0.25) is 0 Å². The van der Waals surface area contributed by atoms with Crippen LogP contribution in [0.2, 0.25) is 0 Å². The summed E-state index contributed by atoms with van der Waals surface area (Å²) in [4.78, 5) is 0. The zero-order valence-electron chi connectivity index (χ0n) is 31.6. The van der Waals surface area contributed by atoms with Crippen LogP contribution in [0.4, 0.5) is 0 Å². The molecule has 12 rings (SSSR count). The highest BCUT2D eigenvalue weighted by molar-refractivity contribution is 7.26. The molecule has 0 spiro atoms. The van der Waals surface area contributed by atoms with Crippen molar-refractivity contribution in [3.8, 4) is 22.3 Å². The summed E-state index contributed by atoms with van der Waals surface area (Å²) >= 11 is 3.78. The lowest BCUT2D eigenvalue weighted by molar-refractivity contribution is 1.57. The van der Waals surface area contributed by atoms with Gasteiger partial charge in [0.1, 0.15) is 0 Å². The molecule has 0 nitrogen and oxygen atoms in total. The maximum absolute atomic E-state index is 4.69. The minimum atomic E-state index is 1.01. The third kappa shape index (κ3) is 5.06. The van der Waals surface area contributed by atoms with Gasteiger partial charge in [-0.25, -0.2) is 0 Å². The van der Waals surface area contributed by atoms with E-state index in [1.165, 1.54) is 111 Å². The Bertz CT molecular complexity index is 3670. The van der Waals surface area contributed by atoms with Gasteiger partial charge in [-0.3, -0.25) is 0 Å². The summed E-state index contributed by atoms with van der Waals surface area (Å²) < 4.78 is 5.36. The molecule has 0 amide bonds. The summed E-state index contributed by atoms with van der Waals surface area (Å²) in [5.41, 5.74) is 9.31. The molecule has 0 bridgehead atoms. The molecule has 0 aliphatic heterocycles. The summed E-state index contributed by atoms with van der Waals surface area (Å²) in [5, 5.41) is 15.3. The molecular formula is C56H34S2. The normalized spacial score (nSPS) is 11.9. The first kappa shape index (κ1) is 33.3. The number of thiophene rings is 2. The molecule has 2 heterocycles. The van der Waals surface area contributed by atoms with E-state index in [9.17, 15) is 0 Å². The Kier molecular flexibility index (Phi) is 7.38. The van der Waals surface area contributed by atoms with Crippen molar-refractivity contribution in [1.82, 2.24) is 0 Å². The largest absolute Gasteiger partial charge is 0.135 e. The van der Waals surface area contributed by atoms with Crippen molar-refractivity contribution in [2.75, 3.05) is 0 Å². The average molecular weight is 771 g/mol. The molecule has 2 heteroatoms. The molecule has 0 unspecified atom stereocenters. The van der Waals surface area contributed by atoms with E-state index in [4.69, 9.17) is 6.58 Å². The topological polar surface area (TPSA) is 0 Å². The Morgan fingerprint density at radius 1 is 0.379 bits per heavy atom. The molecule has 10 aromatic carbocycles. The molecular weight excluding hydrogens is 737 g/mol. The van der Waals surface area contributed by atoms with Crippen molar-refractivity contribution in [3.63, 3.8) is 0 Å². The minimum absolute atomic E-state index is 1.01. The standard InChI is InChI=1S/C56H34S2/c1-3-34-12-4-5-13-42(34)33(2)55-44-15-6-8-17-46(44)56(47-18-9-7-16-45(47)55)39-23-22-35-26-36(20-21-37(35)27-39)38-24-25-52-49(28-38)50-30-41-31-53-48(29-40(41)32-54(50)58-52)43-14-10-11-19-51(43)57-53/h3-32H,1-2H2. The molecule has 0 atom stereocenters. The molecule has 0 aliphatic rings. The van der Waals surface area contributed by atoms with Gasteiger partial charge >= 0.3 is 0 Å². The molecule has 0 saturated carbocycles. The number of hydrogen-bond donors (Lipinski definition) is 0. The summed E-state index contributed by atoms with van der Waals surface area (Å²) in [6.45, 7) is 8.79. The summed E-state index contributed by atoms with van der Waals surface area (Å²) in [5.74, 6) is 0. The molecule has 0 radical (unpaired) electrons. The zero-order valence-corrected chi connectivity index (χ0v) is 33.2. The Morgan fingerprint density at radius 2 is 0.879 bits per heavy atom. The molecule has 0 saturated heterocycles. The van der Waals surface area contributed by atoms with Gasteiger partial charge < -0.3 is 0 Å². The maximum Gasteiger partial charge on any atom is 0.0361 e. The van der Waals surface area contributed by atoms with Crippen LogP contribution in [-0.4, -0.2) is 0 Å². The summed E-state index contributed by atoms with van der Waals surface area (Å²) in [6, 6.07) is 65.2. The second-order valence-corrected chi connectivity index (χ2v) is 17.5. The van der Waals surface area contributed by atoms with Crippen LogP contribution in [0.25, 0.3) is 117 Å². The molecule has 12 aromatic rings. The lowest BCUT2D eigenvalue weighted by atomic mass is 9.83. The maximum atomic E-state index is 4.69. The van der Waals surface area contributed by atoms with Crippen LogP contribution < -0.4 is 0 Å². The van der Waals surface area contributed by atoms with E-state index in [0.717, 1.165) is 16.7 Å². The van der Waals surface area contributed by atoms with E-state index in [0.29, 0.717) is 0 Å². The lowest BCUT2D eigenvalue weighted by Gasteiger charge is -2.20. The molecule has 0 N–H and O–H groups in total. The third-order valence-corrected chi connectivity index (χ3v) is 14.4. The Labute approximate surface area is 343 Å². The lowest BCUT2D eigenvalue weighted by Crippen LogP contribution is -1.96. The molecule has 0 fully saturated rings. The van der Waals surface area contributed by atoms with E-state index in [-0.39, 0.29) is 0 Å². The summed E-state index contributed by atoms with van der Waals surface area (Å²) in [6.07, 6.45) is 1.92. The molecule has 2 aromatic heterocycles. The fraction of sp³-hybridized carbons (Fsp3) is 0. The highest BCUT2D eigenvalue weighted by Crippen LogP contribution is 2.45. The van der Waals surface area contributed by atoms with Gasteiger partial charge in [0.15, 0.2) is 0 Å². The average Bonchev–Trinajstić information content (AvgIpc) is 3.82. The predicted molar refractivity (Wildman–Crippen MR) is 258 cm³/mol. The highest BCUT2D eigenvalue weighted by atomic mass is 32.1. The van der Waals surface area contributed by atoms with Crippen LogP contribution in [0, 0.1) is 0 Å². The van der Waals surface area contributed by atoms with Crippen LogP contribution in [0.3, 0.4) is 0 Å². The molecule has 0 aliphatic carbocycles. The minimum Gasteiger partial charge on any atom is -0.135 e. The summed E-state index contributed by atoms with van der Waals surface area (Å²) in [7, 11) is 0. The van der Waals surface area contributed by atoms with Crippen molar-refractivity contribution < 1.29 is 0 Å². The number of hydrogen-bond acceptors (Lipinski definition) is 2. The van der Waals surface area contributed by atoms with Gasteiger partial charge in [0.05, 0.1) is 0 Å². The van der Waals surface area contributed by atoms with Gasteiger partial charge in [-0.15, -0.1) is 22.7 Å². The first-order chi connectivity index (χ1) is 28.6. The van der Waals surface area contributed by atoms with Crippen molar-refractivity contribution in [3.05, 3.63) is 206 Å². The number of benzene rings is 10. The Morgan fingerprint density at radius 3 is 1.57 bits per heavy atom. The Hall–Kier alpha value is -6.84. The fourth-order valence-corrected chi connectivity index (χ4v) is 11.6. The van der Waals surface area contributed by atoms with Crippen molar-refractivity contribution in [2.24, 2.45) is 0 Å². The fourth-order valence-electron chi connectivity index (χ4n) is 9.35. The van der Waals surface area contributed by atoms with E-state index < -0.39 is 0 Å². The smallest absolute Gasteiger partial charge is 0.0361 e. The number of fused-ring (bicyclic) bond motifs is 10. The van der Waals surface area contributed by atoms with Gasteiger partial charge in [-0.05, 0) is 142 Å². The second-order valence-electron chi connectivity index (χ2n) is 15.3. The van der Waals surface area contributed by atoms with Crippen LogP contribution in [-0.2, 0) is 0 Å². The monoisotopic (exact) mass is 770 g/mol. The van der Waals surface area contributed by atoms with E-state index >= 15 is 0 Å². The third-order valence-electron chi connectivity index (χ3n) is 12.1. The quantitative estimate of drug-likeness (QED) is 0.153. The van der Waals surface area contributed by atoms with Crippen LogP contribution in [0.15, 0.2) is 189 Å². The van der Waals surface area contributed by atoms with Crippen LogP contribution in [0.5, 0.6) is 0 Å². The molecule has 58 heavy (non-hydrogen) atoms. The van der Waals surface area contributed by atoms with E-state index in [1.807, 2.05) is 28.7 Å². The number of rotatable bonds is 5. The first-order valence-corrected chi connectivity index (χ1v) is 21.3. The van der Waals surface area contributed by atoms with Crippen LogP contribution >= 0.6 is 22.7 Å². The Balaban J connectivity index is 0.960. The van der Waals surface area contributed by atoms with Gasteiger partial charge in [-0.2, -0.15) is 0 Å². The van der Waals surface area contributed by atoms with E-state index in [2.05, 4.69) is 183 Å². The zero-order chi connectivity index (χ0) is 38.5. The SMILES string of the molecule is C=Cc1ccccc1C(=C)c1c2ccccc2c(-c2ccc3cc(-c4ccc5sc6cc7cc8c(cc7cc6c5c4)sc4ccccc48)ccc3c2)c2ccccc12. The van der Waals surface area contributed by atoms with Gasteiger partial charge in [0, 0.05) is 40.3 Å². The van der Waals surface area contributed by atoms with E-state index in [1.54, 1.807) is 0 Å². The second kappa shape index (κ2) is 12.8. The first-order valence-electron chi connectivity index (χ1n) is 19.7. The van der Waals surface area contributed by atoms with Crippen molar-refractivity contribution in [2.45, 2.75) is 0 Å². The predicted octanol–water partition coefficient (Wildman–Crippen LogP) is 17.1.